The number of ether oxygens (including phenoxy) is 1. The van der Waals surface area contributed by atoms with Gasteiger partial charge in [0.05, 0.1) is 17.6 Å². The average Bonchev–Trinajstić information content (AvgIpc) is 2.42. The van der Waals surface area contributed by atoms with Crippen molar-refractivity contribution in [2.45, 2.75) is 26.8 Å². The number of nitrogens with zero attached hydrogens (tertiary/aromatic N) is 1. The highest BCUT2D eigenvalue weighted by Crippen LogP contribution is 2.25. The highest BCUT2D eigenvalue weighted by Gasteiger charge is 2.16. The van der Waals surface area contributed by atoms with Gasteiger partial charge in [-0.25, -0.2) is 0 Å². The van der Waals surface area contributed by atoms with Gasteiger partial charge in [-0.2, -0.15) is 0 Å². The molecule has 0 amide bonds. The van der Waals surface area contributed by atoms with E-state index in [0.717, 1.165) is 5.69 Å². The molecule has 1 rings (SSSR count). The first-order valence-electron chi connectivity index (χ1n) is 6.79. The molecule has 0 radical (unpaired) electrons. The Labute approximate surface area is 119 Å². The lowest BCUT2D eigenvalue weighted by Crippen LogP contribution is -2.31. The molecule has 6 nitrogen and oxygen atoms in total. The monoisotopic (exact) mass is 281 g/mol. The van der Waals surface area contributed by atoms with E-state index in [2.05, 4.69) is 24.5 Å². The first-order chi connectivity index (χ1) is 9.47. The number of nitrogens with one attached hydrogen (secondary N) is 2. The Morgan fingerprint density at radius 3 is 2.45 bits per heavy atom. The lowest BCUT2D eigenvalue weighted by atomic mass is 10.0. The first-order valence-corrected chi connectivity index (χ1v) is 6.79. The standard InChI is InChI=1S/C14H23N3O3/c1-5-20-9-14(10(2)3)16-12-6-11(15-4)7-13(8-12)17(18)19/h6-8,10,14-16H,5,9H2,1-4H3. The van der Waals surface area contributed by atoms with Crippen LogP contribution in [0, 0.1) is 16.0 Å². The summed E-state index contributed by atoms with van der Waals surface area (Å²) < 4.78 is 5.45. The number of benzene rings is 1. The number of nitro groups is 1. The van der Waals surface area contributed by atoms with E-state index < -0.39 is 0 Å². The van der Waals surface area contributed by atoms with Crippen LogP contribution >= 0.6 is 0 Å². The van der Waals surface area contributed by atoms with Gasteiger partial charge < -0.3 is 15.4 Å². The second-order valence-electron chi connectivity index (χ2n) is 4.93. The molecular formula is C14H23N3O3. The van der Waals surface area contributed by atoms with Crippen LogP contribution in [0.1, 0.15) is 20.8 Å². The van der Waals surface area contributed by atoms with Gasteiger partial charge in [0.2, 0.25) is 0 Å². The second kappa shape index (κ2) is 7.69. The molecule has 0 fully saturated rings. The first kappa shape index (κ1) is 16.2. The van der Waals surface area contributed by atoms with Gasteiger partial charge in [0.25, 0.3) is 5.69 Å². The predicted octanol–water partition coefficient (Wildman–Crippen LogP) is 3.11. The van der Waals surface area contributed by atoms with Crippen LogP contribution in [0.15, 0.2) is 18.2 Å². The Balaban J connectivity index is 2.93. The Morgan fingerprint density at radius 2 is 1.95 bits per heavy atom. The fraction of sp³-hybridized carbons (Fsp3) is 0.571. The lowest BCUT2D eigenvalue weighted by Gasteiger charge is -2.23. The van der Waals surface area contributed by atoms with Crippen LogP contribution in [0.2, 0.25) is 0 Å². The molecular weight excluding hydrogens is 258 g/mol. The summed E-state index contributed by atoms with van der Waals surface area (Å²) in [7, 11) is 1.74. The van der Waals surface area contributed by atoms with E-state index in [1.54, 1.807) is 13.1 Å². The molecule has 0 bridgehead atoms. The second-order valence-corrected chi connectivity index (χ2v) is 4.93. The Kier molecular flexibility index (Phi) is 6.24. The zero-order valence-electron chi connectivity index (χ0n) is 12.5. The minimum Gasteiger partial charge on any atom is -0.388 e. The summed E-state index contributed by atoms with van der Waals surface area (Å²) in [5.74, 6) is 0.360. The van der Waals surface area contributed by atoms with E-state index in [9.17, 15) is 10.1 Å². The highest BCUT2D eigenvalue weighted by atomic mass is 16.6. The van der Waals surface area contributed by atoms with Crippen LogP contribution in [-0.4, -0.2) is 31.2 Å². The highest BCUT2D eigenvalue weighted by molar-refractivity contribution is 5.63. The molecule has 1 unspecified atom stereocenters. The van der Waals surface area contributed by atoms with Crippen LogP contribution in [0.5, 0.6) is 0 Å². The van der Waals surface area contributed by atoms with Crippen molar-refractivity contribution in [3.8, 4) is 0 Å². The predicted molar refractivity (Wildman–Crippen MR) is 81.4 cm³/mol. The third kappa shape index (κ3) is 4.70. The Bertz CT molecular complexity index is 449. The van der Waals surface area contributed by atoms with Crippen LogP contribution in [0.4, 0.5) is 17.1 Å². The number of hydrogen-bond acceptors (Lipinski definition) is 5. The van der Waals surface area contributed by atoms with E-state index >= 15 is 0 Å². The number of rotatable bonds is 8. The van der Waals surface area contributed by atoms with Crippen molar-refractivity contribution in [2.75, 3.05) is 30.9 Å². The Hall–Kier alpha value is -1.82. The molecule has 112 valence electrons. The molecule has 1 aromatic carbocycles. The summed E-state index contributed by atoms with van der Waals surface area (Å²) in [6.45, 7) is 7.36. The van der Waals surface area contributed by atoms with Crippen molar-refractivity contribution in [1.29, 1.82) is 0 Å². The van der Waals surface area contributed by atoms with Crippen molar-refractivity contribution in [3.63, 3.8) is 0 Å². The van der Waals surface area contributed by atoms with Gasteiger partial charge >= 0.3 is 0 Å². The molecule has 0 saturated carbocycles. The van der Waals surface area contributed by atoms with Crippen LogP contribution in [0.25, 0.3) is 0 Å². The van der Waals surface area contributed by atoms with Gasteiger partial charge in [0.15, 0.2) is 0 Å². The fourth-order valence-electron chi connectivity index (χ4n) is 1.80. The smallest absolute Gasteiger partial charge is 0.273 e. The molecule has 6 heteroatoms. The van der Waals surface area contributed by atoms with Gasteiger partial charge in [0, 0.05) is 37.2 Å². The third-order valence-electron chi connectivity index (χ3n) is 3.08. The quantitative estimate of drug-likeness (QED) is 0.565. The average molecular weight is 281 g/mol. The summed E-state index contributed by atoms with van der Waals surface area (Å²) in [4.78, 5) is 10.5. The minimum atomic E-state index is -0.390. The molecule has 0 aliphatic carbocycles. The SMILES string of the molecule is CCOCC(Nc1cc(NC)cc([N+](=O)[O-])c1)C(C)C. The molecule has 0 heterocycles. The van der Waals surface area contributed by atoms with Crippen molar-refractivity contribution < 1.29 is 9.66 Å². The van der Waals surface area contributed by atoms with E-state index in [4.69, 9.17) is 4.74 Å². The maximum Gasteiger partial charge on any atom is 0.273 e. The van der Waals surface area contributed by atoms with Crippen molar-refractivity contribution >= 4 is 17.1 Å². The van der Waals surface area contributed by atoms with Crippen molar-refractivity contribution in [1.82, 2.24) is 0 Å². The van der Waals surface area contributed by atoms with Gasteiger partial charge in [-0.3, -0.25) is 10.1 Å². The van der Waals surface area contributed by atoms with Crippen molar-refractivity contribution in [3.05, 3.63) is 28.3 Å². The molecule has 0 aromatic heterocycles. The molecule has 0 spiro atoms. The molecule has 0 saturated heterocycles. The molecule has 1 aromatic rings. The van der Waals surface area contributed by atoms with Gasteiger partial charge in [-0.05, 0) is 18.9 Å². The summed E-state index contributed by atoms with van der Waals surface area (Å²) in [6, 6.07) is 5.02. The topological polar surface area (TPSA) is 76.4 Å². The number of nitro benzene ring substituents is 1. The van der Waals surface area contributed by atoms with Gasteiger partial charge in [0.1, 0.15) is 0 Å². The largest absolute Gasteiger partial charge is 0.388 e. The maximum atomic E-state index is 10.9. The zero-order valence-corrected chi connectivity index (χ0v) is 12.5. The normalized spacial score (nSPS) is 12.2. The Morgan fingerprint density at radius 1 is 1.30 bits per heavy atom. The van der Waals surface area contributed by atoms with Crippen LogP contribution < -0.4 is 10.6 Å². The van der Waals surface area contributed by atoms with E-state index in [-0.39, 0.29) is 16.7 Å². The van der Waals surface area contributed by atoms with Crippen LogP contribution in [-0.2, 0) is 4.74 Å². The molecule has 2 N–H and O–H groups in total. The summed E-state index contributed by atoms with van der Waals surface area (Å²) >= 11 is 0. The zero-order chi connectivity index (χ0) is 15.1. The van der Waals surface area contributed by atoms with E-state index in [0.29, 0.717) is 24.8 Å². The third-order valence-corrected chi connectivity index (χ3v) is 3.08. The number of anilines is 2. The summed E-state index contributed by atoms with van der Waals surface area (Å²) in [5, 5.41) is 17.2. The van der Waals surface area contributed by atoms with E-state index in [1.807, 2.05) is 13.0 Å². The molecule has 20 heavy (non-hydrogen) atoms. The fourth-order valence-corrected chi connectivity index (χ4v) is 1.80. The molecule has 0 aliphatic rings. The van der Waals surface area contributed by atoms with Gasteiger partial charge in [-0.15, -0.1) is 0 Å². The lowest BCUT2D eigenvalue weighted by molar-refractivity contribution is -0.384. The van der Waals surface area contributed by atoms with E-state index in [1.165, 1.54) is 6.07 Å². The minimum absolute atomic E-state index is 0.0678. The van der Waals surface area contributed by atoms with Crippen LogP contribution in [0.3, 0.4) is 0 Å². The number of non-ortho nitro benzene ring substituents is 1. The number of hydrogen-bond donors (Lipinski definition) is 2. The summed E-state index contributed by atoms with van der Waals surface area (Å²) in [6.07, 6.45) is 0. The summed E-state index contributed by atoms with van der Waals surface area (Å²) in [5.41, 5.74) is 1.50. The van der Waals surface area contributed by atoms with Crippen molar-refractivity contribution in [2.24, 2.45) is 5.92 Å². The maximum absolute atomic E-state index is 10.9. The molecule has 0 aliphatic heterocycles. The van der Waals surface area contributed by atoms with Gasteiger partial charge in [-0.1, -0.05) is 13.8 Å². The molecule has 1 atom stereocenters.